The minimum atomic E-state index is 0.0306. The SMILES string of the molecule is CCCOCCC(=O)NCCCCC#N. The minimum absolute atomic E-state index is 0.0306. The predicted molar refractivity (Wildman–Crippen MR) is 58.2 cm³/mol. The van der Waals surface area contributed by atoms with E-state index in [0.29, 0.717) is 26.0 Å². The molecule has 0 aliphatic heterocycles. The molecule has 0 saturated heterocycles. The third-order valence-corrected chi connectivity index (χ3v) is 1.86. The van der Waals surface area contributed by atoms with Crippen LogP contribution < -0.4 is 5.32 Å². The maximum Gasteiger partial charge on any atom is 0.222 e. The van der Waals surface area contributed by atoms with Gasteiger partial charge in [0.1, 0.15) is 0 Å². The third kappa shape index (κ3) is 10.8. The van der Waals surface area contributed by atoms with Gasteiger partial charge in [-0.05, 0) is 19.3 Å². The fourth-order valence-corrected chi connectivity index (χ4v) is 1.06. The van der Waals surface area contributed by atoms with Crippen LogP contribution in [0.25, 0.3) is 0 Å². The Hall–Kier alpha value is -1.08. The zero-order valence-corrected chi connectivity index (χ0v) is 9.42. The van der Waals surface area contributed by atoms with Crippen LogP contribution in [0.4, 0.5) is 0 Å². The summed E-state index contributed by atoms with van der Waals surface area (Å²) >= 11 is 0. The van der Waals surface area contributed by atoms with Crippen molar-refractivity contribution >= 4 is 5.91 Å². The van der Waals surface area contributed by atoms with Crippen molar-refractivity contribution in [2.24, 2.45) is 0 Å². The Kier molecular flexibility index (Phi) is 10.2. The number of ether oxygens (including phenoxy) is 1. The number of hydrogen-bond donors (Lipinski definition) is 1. The molecular formula is C11H20N2O2. The summed E-state index contributed by atoms with van der Waals surface area (Å²) in [6, 6.07) is 2.07. The number of nitriles is 1. The van der Waals surface area contributed by atoms with Crippen molar-refractivity contribution in [1.29, 1.82) is 5.26 Å². The van der Waals surface area contributed by atoms with Crippen molar-refractivity contribution in [2.75, 3.05) is 19.8 Å². The van der Waals surface area contributed by atoms with Crippen LogP contribution in [0, 0.1) is 11.3 Å². The standard InChI is InChI=1S/C11H20N2O2/c1-2-9-15-10-6-11(14)13-8-5-3-4-7-12/h2-6,8-10H2,1H3,(H,13,14). The predicted octanol–water partition coefficient (Wildman–Crippen LogP) is 1.61. The highest BCUT2D eigenvalue weighted by molar-refractivity contribution is 5.75. The van der Waals surface area contributed by atoms with Crippen LogP contribution in [0.3, 0.4) is 0 Å². The lowest BCUT2D eigenvalue weighted by atomic mass is 10.2. The number of unbranched alkanes of at least 4 members (excludes halogenated alkanes) is 2. The molecule has 0 bridgehead atoms. The fourth-order valence-electron chi connectivity index (χ4n) is 1.06. The van der Waals surface area contributed by atoms with Crippen LogP contribution in [0.1, 0.15) is 39.0 Å². The first kappa shape index (κ1) is 13.9. The molecule has 0 aromatic heterocycles. The molecule has 0 rings (SSSR count). The van der Waals surface area contributed by atoms with Gasteiger partial charge in [0, 0.05) is 26.0 Å². The number of hydrogen-bond acceptors (Lipinski definition) is 3. The molecule has 0 saturated carbocycles. The molecule has 0 aromatic carbocycles. The van der Waals surface area contributed by atoms with Crippen LogP contribution >= 0.6 is 0 Å². The van der Waals surface area contributed by atoms with Crippen molar-refractivity contribution in [2.45, 2.75) is 39.0 Å². The van der Waals surface area contributed by atoms with Crippen molar-refractivity contribution in [3.05, 3.63) is 0 Å². The van der Waals surface area contributed by atoms with Gasteiger partial charge in [-0.15, -0.1) is 0 Å². The van der Waals surface area contributed by atoms with Gasteiger partial charge in [0.05, 0.1) is 12.7 Å². The lowest BCUT2D eigenvalue weighted by molar-refractivity contribution is -0.122. The van der Waals surface area contributed by atoms with E-state index < -0.39 is 0 Å². The minimum Gasteiger partial charge on any atom is -0.381 e. The molecule has 86 valence electrons. The lowest BCUT2D eigenvalue weighted by Gasteiger charge is -2.04. The lowest BCUT2D eigenvalue weighted by Crippen LogP contribution is -2.25. The van der Waals surface area contributed by atoms with Gasteiger partial charge in [-0.25, -0.2) is 0 Å². The van der Waals surface area contributed by atoms with Crippen LogP contribution in [0.2, 0.25) is 0 Å². The topological polar surface area (TPSA) is 62.1 Å². The van der Waals surface area contributed by atoms with E-state index in [1.54, 1.807) is 0 Å². The second kappa shape index (κ2) is 11.0. The van der Waals surface area contributed by atoms with Crippen LogP contribution in [-0.4, -0.2) is 25.7 Å². The van der Waals surface area contributed by atoms with Gasteiger partial charge in [0.15, 0.2) is 0 Å². The van der Waals surface area contributed by atoms with Crippen LogP contribution in [-0.2, 0) is 9.53 Å². The molecule has 1 amide bonds. The molecule has 0 radical (unpaired) electrons. The molecule has 0 aliphatic carbocycles. The molecule has 15 heavy (non-hydrogen) atoms. The van der Waals surface area contributed by atoms with E-state index in [-0.39, 0.29) is 5.91 Å². The van der Waals surface area contributed by atoms with Gasteiger partial charge in [-0.1, -0.05) is 6.92 Å². The summed E-state index contributed by atoms with van der Waals surface area (Å²) in [4.78, 5) is 11.2. The second-order valence-electron chi connectivity index (χ2n) is 3.33. The number of carbonyl (C=O) groups is 1. The van der Waals surface area contributed by atoms with Crippen molar-refractivity contribution in [3.8, 4) is 6.07 Å². The number of nitrogens with zero attached hydrogens (tertiary/aromatic N) is 1. The van der Waals surface area contributed by atoms with Crippen LogP contribution in [0.15, 0.2) is 0 Å². The Bertz CT molecular complexity index is 199. The Labute approximate surface area is 91.6 Å². The summed E-state index contributed by atoms with van der Waals surface area (Å²) in [6.45, 7) is 3.91. The smallest absolute Gasteiger partial charge is 0.222 e. The van der Waals surface area contributed by atoms with Crippen LogP contribution in [0.5, 0.6) is 0 Å². The number of nitrogens with one attached hydrogen (secondary N) is 1. The van der Waals surface area contributed by atoms with E-state index in [0.717, 1.165) is 25.9 Å². The highest BCUT2D eigenvalue weighted by atomic mass is 16.5. The average Bonchev–Trinajstić information content (AvgIpc) is 2.24. The van der Waals surface area contributed by atoms with E-state index in [1.807, 2.05) is 6.92 Å². The summed E-state index contributed by atoms with van der Waals surface area (Å²) in [5, 5.41) is 11.1. The van der Waals surface area contributed by atoms with Crippen molar-refractivity contribution < 1.29 is 9.53 Å². The number of rotatable bonds is 9. The molecule has 0 heterocycles. The Morgan fingerprint density at radius 2 is 2.20 bits per heavy atom. The first-order chi connectivity index (χ1) is 7.31. The summed E-state index contributed by atoms with van der Waals surface area (Å²) < 4.78 is 5.19. The number of carbonyl (C=O) groups excluding carboxylic acids is 1. The van der Waals surface area contributed by atoms with E-state index in [2.05, 4.69) is 11.4 Å². The van der Waals surface area contributed by atoms with E-state index >= 15 is 0 Å². The van der Waals surface area contributed by atoms with Gasteiger partial charge in [0.2, 0.25) is 5.91 Å². The summed E-state index contributed by atoms with van der Waals surface area (Å²) in [5.41, 5.74) is 0. The fraction of sp³-hybridized carbons (Fsp3) is 0.818. The quantitative estimate of drug-likeness (QED) is 0.591. The Morgan fingerprint density at radius 3 is 2.87 bits per heavy atom. The zero-order valence-electron chi connectivity index (χ0n) is 9.42. The average molecular weight is 212 g/mol. The molecular weight excluding hydrogens is 192 g/mol. The van der Waals surface area contributed by atoms with Gasteiger partial charge in [0.25, 0.3) is 0 Å². The maximum atomic E-state index is 11.2. The molecule has 0 atom stereocenters. The molecule has 4 nitrogen and oxygen atoms in total. The summed E-state index contributed by atoms with van der Waals surface area (Å²) in [6.07, 6.45) is 3.70. The molecule has 0 fully saturated rings. The van der Waals surface area contributed by atoms with E-state index in [9.17, 15) is 4.79 Å². The second-order valence-corrected chi connectivity index (χ2v) is 3.33. The summed E-state index contributed by atoms with van der Waals surface area (Å²) in [7, 11) is 0. The molecule has 0 spiro atoms. The zero-order chi connectivity index (χ0) is 11.4. The van der Waals surface area contributed by atoms with Gasteiger partial charge < -0.3 is 10.1 Å². The Morgan fingerprint density at radius 1 is 1.40 bits per heavy atom. The molecule has 0 aromatic rings. The van der Waals surface area contributed by atoms with Gasteiger partial charge in [-0.2, -0.15) is 5.26 Å². The normalized spacial score (nSPS) is 9.60. The molecule has 1 N–H and O–H groups in total. The largest absolute Gasteiger partial charge is 0.381 e. The monoisotopic (exact) mass is 212 g/mol. The molecule has 0 unspecified atom stereocenters. The summed E-state index contributed by atoms with van der Waals surface area (Å²) in [5.74, 6) is 0.0306. The first-order valence-electron chi connectivity index (χ1n) is 5.52. The molecule has 0 aliphatic rings. The highest BCUT2D eigenvalue weighted by Gasteiger charge is 1.99. The van der Waals surface area contributed by atoms with E-state index in [4.69, 9.17) is 10.00 Å². The van der Waals surface area contributed by atoms with Crippen molar-refractivity contribution in [1.82, 2.24) is 5.32 Å². The van der Waals surface area contributed by atoms with Gasteiger partial charge >= 0.3 is 0 Å². The Balaban J connectivity index is 3.16. The maximum absolute atomic E-state index is 11.2. The third-order valence-electron chi connectivity index (χ3n) is 1.86. The van der Waals surface area contributed by atoms with Gasteiger partial charge in [-0.3, -0.25) is 4.79 Å². The van der Waals surface area contributed by atoms with Crippen molar-refractivity contribution in [3.63, 3.8) is 0 Å². The number of amides is 1. The first-order valence-corrected chi connectivity index (χ1v) is 5.52. The highest BCUT2D eigenvalue weighted by Crippen LogP contribution is 1.92. The van der Waals surface area contributed by atoms with E-state index in [1.165, 1.54) is 0 Å². The molecule has 4 heteroatoms.